The second kappa shape index (κ2) is 14.6. The van der Waals surface area contributed by atoms with Crippen molar-refractivity contribution < 1.29 is 37.9 Å². The molecule has 5 aromatic carbocycles. The first-order valence-corrected chi connectivity index (χ1v) is 14.8. The molecule has 0 aliphatic rings. The molecule has 0 bridgehead atoms. The van der Waals surface area contributed by atoms with Crippen LogP contribution in [-0.2, 0) is 0 Å². The highest BCUT2D eigenvalue weighted by atomic mass is 16.5. The molecule has 1 radical (unpaired) electrons. The number of methoxy groups -OCH3 is 8. The maximum absolute atomic E-state index is 11.2. The molecule has 0 unspecified atom stereocenters. The van der Waals surface area contributed by atoms with Gasteiger partial charge < -0.3 is 37.9 Å². The Kier molecular flexibility index (Phi) is 10.2. The van der Waals surface area contributed by atoms with Crippen molar-refractivity contribution in [1.82, 2.24) is 0 Å². The predicted molar refractivity (Wildman–Crippen MR) is 184 cm³/mol. The van der Waals surface area contributed by atoms with Gasteiger partial charge in [-0.1, -0.05) is 6.07 Å². The van der Waals surface area contributed by atoms with E-state index in [-0.39, 0.29) is 0 Å². The predicted octanol–water partition coefficient (Wildman–Crippen LogP) is 8.10. The third-order valence-electron chi connectivity index (χ3n) is 8.03. The lowest BCUT2D eigenvalue weighted by molar-refractivity contribution is 0.355. The Morgan fingerprint density at radius 3 is 1.60 bits per heavy atom. The van der Waals surface area contributed by atoms with Crippen molar-refractivity contribution in [2.75, 3.05) is 56.9 Å². The first-order chi connectivity index (χ1) is 23.4. The Bertz CT molecular complexity index is 1970. The lowest BCUT2D eigenvalue weighted by atomic mass is 9.81. The van der Waals surface area contributed by atoms with E-state index in [4.69, 9.17) is 37.9 Å². The van der Waals surface area contributed by atoms with Gasteiger partial charge in [-0.3, -0.25) is 0 Å². The number of nitrogens with zero attached hydrogens (tertiary/aromatic N) is 1. The number of benzene rings is 5. The van der Waals surface area contributed by atoms with Crippen LogP contribution in [0, 0.1) is 17.4 Å². The summed E-state index contributed by atoms with van der Waals surface area (Å²) in [6.07, 6.45) is 0. The van der Waals surface area contributed by atoms with E-state index < -0.39 is 0 Å². The molecule has 0 aliphatic carbocycles. The Labute approximate surface area is 280 Å². The van der Waals surface area contributed by atoms with Crippen molar-refractivity contribution in [2.45, 2.75) is 0 Å². The lowest BCUT2D eigenvalue weighted by Gasteiger charge is -2.23. The number of nitriles is 1. The average molecular weight is 647 g/mol. The zero-order valence-electron chi connectivity index (χ0n) is 28.1. The number of hydrogen-bond acceptors (Lipinski definition) is 9. The fourth-order valence-corrected chi connectivity index (χ4v) is 5.67. The molecule has 5 rings (SSSR count). The van der Waals surface area contributed by atoms with Crippen molar-refractivity contribution in [3.8, 4) is 96.6 Å². The molecule has 48 heavy (non-hydrogen) atoms. The molecule has 0 saturated carbocycles. The van der Waals surface area contributed by atoms with E-state index in [1.54, 1.807) is 87.2 Å². The monoisotopic (exact) mass is 646 g/mol. The van der Waals surface area contributed by atoms with Crippen LogP contribution in [0.4, 0.5) is 0 Å². The van der Waals surface area contributed by atoms with Gasteiger partial charge >= 0.3 is 0 Å². The first-order valence-electron chi connectivity index (χ1n) is 14.8. The smallest absolute Gasteiger partial charge is 0.161 e. The van der Waals surface area contributed by atoms with Crippen molar-refractivity contribution in [3.05, 3.63) is 84.4 Å². The van der Waals surface area contributed by atoms with Crippen molar-refractivity contribution in [1.29, 1.82) is 5.26 Å². The van der Waals surface area contributed by atoms with Crippen LogP contribution in [0.3, 0.4) is 0 Å². The third kappa shape index (κ3) is 6.20. The molecule has 9 nitrogen and oxygen atoms in total. The SMILES string of the molecule is COc1cc(OC)cc(-c2[c]c(-c3ccc(OC)cc3OC)c(-c3cc(OC)ccc3OC)c(C#N)c2-c2ccc(OC)c(OC)c2)c1. The number of rotatable bonds is 12. The highest BCUT2D eigenvalue weighted by molar-refractivity contribution is 6.02. The summed E-state index contributed by atoms with van der Waals surface area (Å²) < 4.78 is 45.4. The fraction of sp³-hybridized carbons (Fsp3) is 0.205. The van der Waals surface area contributed by atoms with Crippen LogP contribution >= 0.6 is 0 Å². The van der Waals surface area contributed by atoms with Crippen LogP contribution in [0.1, 0.15) is 5.56 Å². The summed E-state index contributed by atoms with van der Waals surface area (Å²) in [6.45, 7) is 0. The molecule has 245 valence electrons. The van der Waals surface area contributed by atoms with Crippen LogP contribution in [-0.4, -0.2) is 56.9 Å². The minimum atomic E-state index is 0.345. The highest BCUT2D eigenvalue weighted by Crippen LogP contribution is 2.51. The van der Waals surface area contributed by atoms with Crippen LogP contribution in [0.5, 0.6) is 46.0 Å². The van der Waals surface area contributed by atoms with Crippen molar-refractivity contribution in [3.63, 3.8) is 0 Å². The minimum Gasteiger partial charge on any atom is -0.497 e. The largest absolute Gasteiger partial charge is 0.497 e. The Hall–Kier alpha value is -6.01. The Balaban J connectivity index is 2.05. The second-order valence-electron chi connectivity index (χ2n) is 10.4. The van der Waals surface area contributed by atoms with Crippen LogP contribution in [0.25, 0.3) is 44.5 Å². The molecule has 0 saturated heterocycles. The van der Waals surface area contributed by atoms with Gasteiger partial charge in [0.25, 0.3) is 0 Å². The van der Waals surface area contributed by atoms with Crippen molar-refractivity contribution >= 4 is 0 Å². The normalized spacial score (nSPS) is 10.5. The second-order valence-corrected chi connectivity index (χ2v) is 10.4. The molecule has 5 aromatic rings. The zero-order valence-corrected chi connectivity index (χ0v) is 28.1. The maximum Gasteiger partial charge on any atom is 0.161 e. The standard InChI is InChI=1S/C39H36NO8/c1-41-25-11-14-34(45-5)32(19-25)39-31(29-12-10-26(42-2)20-36(29)47-7)21-30(24-15-27(43-3)18-28(16-24)44-4)38(33(39)22-40)23-9-13-35(46-6)37(17-23)48-8/h9-20H,1-8H3. The molecule has 0 aromatic heterocycles. The molecule has 0 N–H and O–H groups in total. The number of ether oxygens (including phenoxy) is 8. The van der Waals surface area contributed by atoms with Crippen LogP contribution in [0.2, 0.25) is 0 Å². The van der Waals surface area contributed by atoms with Gasteiger partial charge in [0.05, 0.1) is 62.4 Å². The van der Waals surface area contributed by atoms with E-state index in [0.29, 0.717) is 96.1 Å². The molecular formula is C39H36NO8. The summed E-state index contributed by atoms with van der Waals surface area (Å²) in [5, 5.41) is 11.2. The Morgan fingerprint density at radius 2 is 1.02 bits per heavy atom. The topological polar surface area (TPSA) is 97.6 Å². The van der Waals surface area contributed by atoms with Gasteiger partial charge in [-0.25, -0.2) is 0 Å². The lowest BCUT2D eigenvalue weighted by Crippen LogP contribution is -2.02. The van der Waals surface area contributed by atoms with E-state index in [1.165, 1.54) is 0 Å². The van der Waals surface area contributed by atoms with Crippen molar-refractivity contribution in [2.24, 2.45) is 0 Å². The molecule has 0 aliphatic heterocycles. The van der Waals surface area contributed by atoms with Gasteiger partial charge in [-0.15, -0.1) is 0 Å². The van der Waals surface area contributed by atoms with E-state index in [2.05, 4.69) is 12.1 Å². The number of hydrogen-bond donors (Lipinski definition) is 0. The van der Waals surface area contributed by atoms with Gasteiger partial charge in [0, 0.05) is 46.0 Å². The first kappa shape index (κ1) is 33.4. The molecule has 0 fully saturated rings. The third-order valence-corrected chi connectivity index (χ3v) is 8.03. The summed E-state index contributed by atoms with van der Waals surface area (Å²) in [7, 11) is 12.7. The quantitative estimate of drug-likeness (QED) is 0.133. The summed E-state index contributed by atoms with van der Waals surface area (Å²) in [5.74, 6) is 4.41. The molecular weight excluding hydrogens is 610 g/mol. The fourth-order valence-electron chi connectivity index (χ4n) is 5.67. The van der Waals surface area contributed by atoms with E-state index in [1.807, 2.05) is 42.5 Å². The molecule has 0 atom stereocenters. The van der Waals surface area contributed by atoms with E-state index in [0.717, 1.165) is 0 Å². The van der Waals surface area contributed by atoms with Gasteiger partial charge in [-0.2, -0.15) is 5.26 Å². The van der Waals surface area contributed by atoms with E-state index in [9.17, 15) is 5.26 Å². The highest BCUT2D eigenvalue weighted by Gasteiger charge is 2.27. The van der Waals surface area contributed by atoms with Gasteiger partial charge in [0.1, 0.15) is 40.6 Å². The molecule has 0 amide bonds. The van der Waals surface area contributed by atoms with Gasteiger partial charge in [0.15, 0.2) is 11.5 Å². The summed E-state index contributed by atoms with van der Waals surface area (Å²) in [6, 6.07) is 28.3. The zero-order chi connectivity index (χ0) is 34.4. The molecule has 0 heterocycles. The maximum atomic E-state index is 11.2. The minimum absolute atomic E-state index is 0.345. The summed E-state index contributed by atoms with van der Waals surface area (Å²) >= 11 is 0. The molecule has 0 spiro atoms. The van der Waals surface area contributed by atoms with E-state index >= 15 is 0 Å². The van der Waals surface area contributed by atoms with Crippen LogP contribution in [0.15, 0.2) is 72.8 Å². The average Bonchev–Trinajstić information content (AvgIpc) is 3.15. The van der Waals surface area contributed by atoms with Crippen LogP contribution < -0.4 is 37.9 Å². The Morgan fingerprint density at radius 1 is 0.438 bits per heavy atom. The van der Waals surface area contributed by atoms with Gasteiger partial charge in [0.2, 0.25) is 0 Å². The van der Waals surface area contributed by atoms with Gasteiger partial charge in [-0.05, 0) is 71.3 Å². The summed E-state index contributed by atoms with van der Waals surface area (Å²) in [5.41, 5.74) is 5.35. The summed E-state index contributed by atoms with van der Waals surface area (Å²) in [4.78, 5) is 0. The molecule has 9 heteroatoms.